The molecule has 106 valence electrons. The smallest absolute Gasteiger partial charge is 0.234 e. The maximum atomic E-state index is 11.8. The summed E-state index contributed by atoms with van der Waals surface area (Å²) in [5.74, 6) is -0.000920. The number of rotatable bonds is 6. The zero-order chi connectivity index (χ0) is 14.4. The van der Waals surface area contributed by atoms with Crippen molar-refractivity contribution >= 4 is 28.8 Å². The number of carbonyl (C=O) groups excluding carboxylic acids is 1. The molecule has 0 bridgehead atoms. The van der Waals surface area contributed by atoms with E-state index in [4.69, 9.17) is 11.6 Å². The molecule has 0 aliphatic heterocycles. The Morgan fingerprint density at radius 2 is 2.30 bits per heavy atom. The third-order valence-corrected chi connectivity index (χ3v) is 3.90. The van der Waals surface area contributed by atoms with Gasteiger partial charge in [0.2, 0.25) is 5.91 Å². The van der Waals surface area contributed by atoms with Gasteiger partial charge in [-0.25, -0.2) is 0 Å². The molecule has 0 aliphatic carbocycles. The van der Waals surface area contributed by atoms with Gasteiger partial charge >= 0.3 is 0 Å². The second-order valence-corrected chi connectivity index (χ2v) is 6.32. The monoisotopic (exact) mass is 309 g/mol. The van der Waals surface area contributed by atoms with Crippen molar-refractivity contribution in [1.29, 1.82) is 0 Å². The number of hydrogen-bond acceptors (Lipinski definition) is 4. The number of carbonyl (C=O) groups is 1. The first kappa shape index (κ1) is 15.0. The lowest BCUT2D eigenvalue weighted by Crippen LogP contribution is -2.34. The van der Waals surface area contributed by atoms with E-state index in [9.17, 15) is 4.79 Å². The molecule has 0 fully saturated rings. The first-order valence-electron chi connectivity index (χ1n) is 6.22. The molecule has 0 saturated carbocycles. The SMILES string of the molecule is CN(CC(=O)NCc1cccnc1)Cc1ccc(Cl)s1. The Morgan fingerprint density at radius 1 is 1.45 bits per heavy atom. The molecular formula is C14H16ClN3OS. The van der Waals surface area contributed by atoms with Crippen LogP contribution in [-0.4, -0.2) is 29.4 Å². The molecule has 6 heteroatoms. The largest absolute Gasteiger partial charge is 0.351 e. The van der Waals surface area contributed by atoms with Gasteiger partial charge in [0, 0.05) is 30.4 Å². The first-order valence-corrected chi connectivity index (χ1v) is 7.41. The van der Waals surface area contributed by atoms with E-state index in [1.54, 1.807) is 12.4 Å². The number of likely N-dealkylation sites (N-methyl/N-ethyl adjacent to an activating group) is 1. The predicted molar refractivity (Wildman–Crippen MR) is 81.7 cm³/mol. The molecule has 2 aromatic rings. The molecule has 0 aromatic carbocycles. The van der Waals surface area contributed by atoms with Crippen LogP contribution < -0.4 is 5.32 Å². The summed E-state index contributed by atoms with van der Waals surface area (Å²) in [6.45, 7) is 1.58. The van der Waals surface area contributed by atoms with Gasteiger partial charge in [0.25, 0.3) is 0 Å². The molecule has 0 saturated heterocycles. The highest BCUT2D eigenvalue weighted by Crippen LogP contribution is 2.22. The lowest BCUT2D eigenvalue weighted by Gasteiger charge is -2.15. The first-order chi connectivity index (χ1) is 9.63. The van der Waals surface area contributed by atoms with E-state index in [0.717, 1.165) is 21.3 Å². The summed E-state index contributed by atoms with van der Waals surface area (Å²) in [5.41, 5.74) is 0.994. The number of aromatic nitrogens is 1. The molecule has 0 spiro atoms. The third-order valence-electron chi connectivity index (χ3n) is 2.68. The average Bonchev–Trinajstić information content (AvgIpc) is 2.83. The van der Waals surface area contributed by atoms with Gasteiger partial charge < -0.3 is 5.32 Å². The molecule has 20 heavy (non-hydrogen) atoms. The van der Waals surface area contributed by atoms with Gasteiger partial charge in [-0.15, -0.1) is 11.3 Å². The van der Waals surface area contributed by atoms with Crippen LogP contribution in [0.4, 0.5) is 0 Å². The minimum Gasteiger partial charge on any atom is -0.351 e. The van der Waals surface area contributed by atoms with Crippen molar-refractivity contribution in [3.05, 3.63) is 51.4 Å². The zero-order valence-electron chi connectivity index (χ0n) is 11.2. The number of nitrogens with one attached hydrogen (secondary N) is 1. The van der Waals surface area contributed by atoms with Crippen molar-refractivity contribution in [2.24, 2.45) is 0 Å². The summed E-state index contributed by atoms with van der Waals surface area (Å²) in [4.78, 5) is 18.9. The van der Waals surface area contributed by atoms with Crippen molar-refractivity contribution in [2.45, 2.75) is 13.1 Å². The van der Waals surface area contributed by atoms with E-state index in [1.807, 2.05) is 36.2 Å². The predicted octanol–water partition coefficient (Wildman–Crippen LogP) is 2.54. The van der Waals surface area contributed by atoms with Crippen molar-refractivity contribution in [1.82, 2.24) is 15.2 Å². The average molecular weight is 310 g/mol. The minimum absolute atomic E-state index is 0.000920. The normalized spacial score (nSPS) is 10.8. The Morgan fingerprint density at radius 3 is 2.95 bits per heavy atom. The lowest BCUT2D eigenvalue weighted by atomic mass is 10.3. The Kier molecular flexibility index (Phi) is 5.52. The highest BCUT2D eigenvalue weighted by atomic mass is 35.5. The van der Waals surface area contributed by atoms with E-state index in [2.05, 4.69) is 10.3 Å². The van der Waals surface area contributed by atoms with E-state index in [-0.39, 0.29) is 5.91 Å². The van der Waals surface area contributed by atoms with E-state index in [1.165, 1.54) is 11.3 Å². The number of pyridine rings is 1. The van der Waals surface area contributed by atoms with Gasteiger partial charge in [-0.05, 0) is 30.8 Å². The highest BCUT2D eigenvalue weighted by Gasteiger charge is 2.08. The van der Waals surface area contributed by atoms with Crippen molar-refractivity contribution in [2.75, 3.05) is 13.6 Å². The van der Waals surface area contributed by atoms with Gasteiger partial charge in [-0.3, -0.25) is 14.7 Å². The Labute approximate surface area is 127 Å². The molecule has 0 radical (unpaired) electrons. The summed E-state index contributed by atoms with van der Waals surface area (Å²) in [6.07, 6.45) is 3.46. The fourth-order valence-electron chi connectivity index (χ4n) is 1.76. The summed E-state index contributed by atoms with van der Waals surface area (Å²) in [7, 11) is 1.91. The topological polar surface area (TPSA) is 45.2 Å². The van der Waals surface area contributed by atoms with Gasteiger partial charge in [0.15, 0.2) is 0 Å². The molecule has 0 aliphatic rings. The maximum Gasteiger partial charge on any atom is 0.234 e. The maximum absolute atomic E-state index is 11.8. The fourth-order valence-corrected chi connectivity index (χ4v) is 2.93. The molecule has 1 N–H and O–H groups in total. The van der Waals surface area contributed by atoms with E-state index < -0.39 is 0 Å². The van der Waals surface area contributed by atoms with Crippen LogP contribution in [0.15, 0.2) is 36.7 Å². The molecule has 4 nitrogen and oxygen atoms in total. The van der Waals surface area contributed by atoms with Crippen LogP contribution >= 0.6 is 22.9 Å². The van der Waals surface area contributed by atoms with Crippen LogP contribution in [0.25, 0.3) is 0 Å². The summed E-state index contributed by atoms with van der Waals surface area (Å²) < 4.78 is 0.773. The second-order valence-electron chi connectivity index (χ2n) is 4.52. The Bertz CT molecular complexity index is 559. The van der Waals surface area contributed by atoms with Crippen LogP contribution in [0.2, 0.25) is 4.34 Å². The van der Waals surface area contributed by atoms with Crippen molar-refractivity contribution in [3.63, 3.8) is 0 Å². The fraction of sp³-hybridized carbons (Fsp3) is 0.286. The zero-order valence-corrected chi connectivity index (χ0v) is 12.7. The Hall–Kier alpha value is -1.43. The van der Waals surface area contributed by atoms with Crippen molar-refractivity contribution < 1.29 is 4.79 Å². The molecule has 0 atom stereocenters. The van der Waals surface area contributed by atoms with Gasteiger partial charge in [0.1, 0.15) is 0 Å². The number of thiophene rings is 1. The van der Waals surface area contributed by atoms with E-state index >= 15 is 0 Å². The van der Waals surface area contributed by atoms with Crippen molar-refractivity contribution in [3.8, 4) is 0 Å². The summed E-state index contributed by atoms with van der Waals surface area (Å²) in [6, 6.07) is 7.65. The lowest BCUT2D eigenvalue weighted by molar-refractivity contribution is -0.122. The molecule has 2 rings (SSSR count). The van der Waals surface area contributed by atoms with Gasteiger partial charge in [-0.2, -0.15) is 0 Å². The van der Waals surface area contributed by atoms with Crippen LogP contribution in [0.1, 0.15) is 10.4 Å². The number of halogens is 1. The van der Waals surface area contributed by atoms with Crippen LogP contribution in [-0.2, 0) is 17.9 Å². The second kappa shape index (κ2) is 7.38. The molecule has 0 unspecified atom stereocenters. The van der Waals surface area contributed by atoms with Crippen LogP contribution in [0, 0.1) is 0 Å². The van der Waals surface area contributed by atoms with Crippen LogP contribution in [0.3, 0.4) is 0 Å². The highest BCUT2D eigenvalue weighted by molar-refractivity contribution is 7.16. The molecule has 2 heterocycles. The number of nitrogens with zero attached hydrogens (tertiary/aromatic N) is 2. The standard InChI is InChI=1S/C14H16ClN3OS/c1-18(9-12-4-5-13(15)20-12)10-14(19)17-8-11-3-2-6-16-7-11/h2-7H,8-10H2,1H3,(H,17,19). The molecule has 1 amide bonds. The summed E-state index contributed by atoms with van der Waals surface area (Å²) in [5, 5.41) is 2.88. The number of hydrogen-bond donors (Lipinski definition) is 1. The minimum atomic E-state index is -0.000920. The van der Waals surface area contributed by atoms with Gasteiger partial charge in [0.05, 0.1) is 10.9 Å². The van der Waals surface area contributed by atoms with E-state index in [0.29, 0.717) is 13.1 Å². The number of amides is 1. The molecular weight excluding hydrogens is 294 g/mol. The molecule has 2 aromatic heterocycles. The third kappa shape index (κ3) is 4.92. The quantitative estimate of drug-likeness (QED) is 0.892. The Balaban J connectivity index is 1.73. The van der Waals surface area contributed by atoms with Crippen LogP contribution in [0.5, 0.6) is 0 Å². The summed E-state index contributed by atoms with van der Waals surface area (Å²) >= 11 is 7.42. The van der Waals surface area contributed by atoms with Gasteiger partial charge in [-0.1, -0.05) is 17.7 Å².